The van der Waals surface area contributed by atoms with Crippen LogP contribution in [0, 0.1) is 10.8 Å². The van der Waals surface area contributed by atoms with Gasteiger partial charge in [0.25, 0.3) is 0 Å². The molecule has 2 aromatic carbocycles. The van der Waals surface area contributed by atoms with Gasteiger partial charge in [-0.2, -0.15) is 0 Å². The highest BCUT2D eigenvalue weighted by Crippen LogP contribution is 2.55. The fourth-order valence-corrected chi connectivity index (χ4v) is 7.27. The zero-order valence-electron chi connectivity index (χ0n) is 26.4. The molecular weight excluding hydrogens is 543 g/mol. The summed E-state index contributed by atoms with van der Waals surface area (Å²) in [4.78, 5) is 0. The Balaban J connectivity index is 1.87. The van der Waals surface area contributed by atoms with E-state index in [0.29, 0.717) is 0 Å². The number of rotatable bonds is 8. The average molecular weight is 586 g/mol. The number of benzene rings is 2. The smallest absolute Gasteiger partial charge is 0.415 e. The molecule has 2 aromatic rings. The second-order valence-electron chi connectivity index (χ2n) is 11.7. The molecule has 4 rings (SSSR count). The monoisotopic (exact) mass is 585 g/mol. The van der Waals surface area contributed by atoms with E-state index in [2.05, 4.69) is 65.8 Å². The van der Waals surface area contributed by atoms with E-state index in [1.54, 1.807) is 28.4 Å². The molecule has 0 unspecified atom stereocenters. The lowest BCUT2D eigenvalue weighted by Gasteiger charge is -2.30. The Morgan fingerprint density at radius 2 is 0.905 bits per heavy atom. The maximum Gasteiger partial charge on any atom is 0.415 e. The minimum absolute atomic E-state index is 0.283. The molecule has 0 saturated carbocycles. The molecule has 2 aliphatic rings. The number of ether oxygens (including phenoxy) is 4. The first-order valence-electron chi connectivity index (χ1n) is 14.0. The van der Waals surface area contributed by atoms with Crippen molar-refractivity contribution in [2.24, 2.45) is 10.8 Å². The molecule has 0 fully saturated rings. The SMILES string of the molecule is COc1cccc(OC)c1C=C1C(C)=C([P+](=O)C2=C(C)C(=Cc3c(OC)cccc3OC)C(C)(C)C=C2)C=CC1(C)C. The Bertz CT molecular complexity index is 1430. The summed E-state index contributed by atoms with van der Waals surface area (Å²) in [5.41, 5.74) is 5.28. The maximum atomic E-state index is 14.5. The summed E-state index contributed by atoms with van der Waals surface area (Å²) in [5.74, 6) is 2.90. The molecule has 0 aliphatic heterocycles. The second-order valence-corrected chi connectivity index (χ2v) is 13.2. The zero-order valence-corrected chi connectivity index (χ0v) is 27.3. The summed E-state index contributed by atoms with van der Waals surface area (Å²) < 4.78 is 37.2. The van der Waals surface area contributed by atoms with Gasteiger partial charge in [0.15, 0.2) is 10.6 Å². The molecule has 0 bridgehead atoms. The maximum absolute atomic E-state index is 14.5. The van der Waals surface area contributed by atoms with Crippen molar-refractivity contribution in [3.8, 4) is 23.0 Å². The van der Waals surface area contributed by atoms with Crippen LogP contribution in [0.15, 0.2) is 93.6 Å². The number of methoxy groups -OCH3 is 4. The first-order valence-corrected chi connectivity index (χ1v) is 15.3. The molecule has 0 spiro atoms. The van der Waals surface area contributed by atoms with E-state index in [1.165, 1.54) is 0 Å². The lowest BCUT2D eigenvalue weighted by molar-refractivity contribution is 0.392. The van der Waals surface area contributed by atoms with Gasteiger partial charge >= 0.3 is 7.80 Å². The third-order valence-electron chi connectivity index (χ3n) is 8.23. The van der Waals surface area contributed by atoms with Crippen molar-refractivity contribution < 1.29 is 23.5 Å². The molecule has 0 heterocycles. The number of allylic oxidation sites excluding steroid dienone is 10. The van der Waals surface area contributed by atoms with Gasteiger partial charge < -0.3 is 18.9 Å². The second kappa shape index (κ2) is 12.2. The summed E-state index contributed by atoms with van der Waals surface area (Å²) in [6.07, 6.45) is 12.6. The average Bonchev–Trinajstić information content (AvgIpc) is 2.96. The van der Waals surface area contributed by atoms with Gasteiger partial charge in [-0.3, -0.25) is 0 Å². The van der Waals surface area contributed by atoms with Crippen LogP contribution in [-0.4, -0.2) is 28.4 Å². The molecule has 0 radical (unpaired) electrons. The minimum Gasteiger partial charge on any atom is -0.496 e. The normalized spacial score (nSPS) is 19.8. The summed E-state index contributed by atoms with van der Waals surface area (Å²) in [6.45, 7) is 12.8. The van der Waals surface area contributed by atoms with Crippen LogP contribution in [0.4, 0.5) is 0 Å². The first kappa shape index (κ1) is 31.1. The van der Waals surface area contributed by atoms with E-state index in [-0.39, 0.29) is 10.8 Å². The van der Waals surface area contributed by atoms with E-state index in [4.69, 9.17) is 18.9 Å². The van der Waals surface area contributed by atoms with E-state index >= 15 is 0 Å². The summed E-state index contributed by atoms with van der Waals surface area (Å²) >= 11 is 0. The van der Waals surface area contributed by atoms with Gasteiger partial charge in [-0.05, 0) is 73.6 Å². The highest BCUT2D eigenvalue weighted by atomic mass is 31.1. The van der Waals surface area contributed by atoms with Crippen LogP contribution < -0.4 is 18.9 Å². The van der Waals surface area contributed by atoms with Crippen LogP contribution in [0.1, 0.15) is 52.7 Å². The quantitative estimate of drug-likeness (QED) is 0.289. The largest absolute Gasteiger partial charge is 0.496 e. The molecule has 0 aromatic heterocycles. The van der Waals surface area contributed by atoms with Crippen molar-refractivity contribution in [3.63, 3.8) is 0 Å². The van der Waals surface area contributed by atoms with Crippen molar-refractivity contribution >= 4 is 20.0 Å². The van der Waals surface area contributed by atoms with Crippen molar-refractivity contribution in [2.75, 3.05) is 28.4 Å². The van der Waals surface area contributed by atoms with Crippen LogP contribution in [-0.2, 0) is 4.57 Å². The Kier molecular flexibility index (Phi) is 9.03. The standard InChI is InChI=1S/C36H42O5P/c1-23-27(21-25-29(38-7)13-11-14-30(25)39-8)35(3,4)19-17-33(23)42(37)34-18-20-36(5,6)28(24(34)2)22-26-31(40-9)15-12-16-32(26)41-10/h11-22H,1-10H3/q+1. The van der Waals surface area contributed by atoms with Gasteiger partial charge in [-0.25, -0.2) is 0 Å². The van der Waals surface area contributed by atoms with E-state index in [9.17, 15) is 4.57 Å². The molecule has 2 aliphatic carbocycles. The van der Waals surface area contributed by atoms with Gasteiger partial charge in [-0.15, -0.1) is 0 Å². The molecule has 42 heavy (non-hydrogen) atoms. The van der Waals surface area contributed by atoms with Crippen molar-refractivity contribution in [1.29, 1.82) is 0 Å². The molecular formula is C36H42O5P+. The van der Waals surface area contributed by atoms with Crippen LogP contribution in [0.3, 0.4) is 0 Å². The molecule has 0 saturated heterocycles. The lowest BCUT2D eigenvalue weighted by Crippen LogP contribution is -2.18. The minimum atomic E-state index is -1.90. The van der Waals surface area contributed by atoms with Crippen molar-refractivity contribution in [2.45, 2.75) is 41.5 Å². The first-order chi connectivity index (χ1) is 19.9. The number of hydrogen-bond acceptors (Lipinski definition) is 5. The van der Waals surface area contributed by atoms with Crippen molar-refractivity contribution in [1.82, 2.24) is 0 Å². The highest BCUT2D eigenvalue weighted by molar-refractivity contribution is 7.54. The van der Waals surface area contributed by atoms with Crippen LogP contribution in [0.5, 0.6) is 23.0 Å². The van der Waals surface area contributed by atoms with E-state index in [0.717, 1.165) is 67.0 Å². The molecule has 0 N–H and O–H groups in total. The Labute approximate surface area is 251 Å². The number of hydrogen-bond donors (Lipinski definition) is 0. The molecule has 220 valence electrons. The topological polar surface area (TPSA) is 54.0 Å². The Hall–Kier alpha value is -3.82. The Morgan fingerprint density at radius 1 is 0.595 bits per heavy atom. The molecule has 0 atom stereocenters. The van der Waals surface area contributed by atoms with Gasteiger partial charge in [0, 0.05) is 22.0 Å². The Morgan fingerprint density at radius 3 is 1.19 bits per heavy atom. The predicted octanol–water partition coefficient (Wildman–Crippen LogP) is 9.76. The van der Waals surface area contributed by atoms with E-state index in [1.807, 2.05) is 48.6 Å². The van der Waals surface area contributed by atoms with Gasteiger partial charge in [0.05, 0.1) is 39.6 Å². The molecule has 0 amide bonds. The predicted molar refractivity (Wildman–Crippen MR) is 174 cm³/mol. The lowest BCUT2D eigenvalue weighted by atomic mass is 9.76. The van der Waals surface area contributed by atoms with Gasteiger partial charge in [0.1, 0.15) is 23.0 Å². The third-order valence-corrected chi connectivity index (χ3v) is 10.1. The van der Waals surface area contributed by atoms with Gasteiger partial charge in [-0.1, -0.05) is 56.5 Å². The fraction of sp³-hybridized carbons (Fsp3) is 0.333. The van der Waals surface area contributed by atoms with Crippen LogP contribution in [0.25, 0.3) is 12.2 Å². The highest BCUT2D eigenvalue weighted by Gasteiger charge is 2.40. The zero-order chi connectivity index (χ0) is 30.8. The molecule has 6 heteroatoms. The van der Waals surface area contributed by atoms with Crippen LogP contribution in [0.2, 0.25) is 0 Å². The van der Waals surface area contributed by atoms with Gasteiger partial charge in [0.2, 0.25) is 0 Å². The summed E-state index contributed by atoms with van der Waals surface area (Å²) in [7, 11) is 4.74. The summed E-state index contributed by atoms with van der Waals surface area (Å²) in [6, 6.07) is 11.5. The van der Waals surface area contributed by atoms with Crippen molar-refractivity contribution in [3.05, 3.63) is 105 Å². The van der Waals surface area contributed by atoms with Crippen LogP contribution >= 0.6 is 7.80 Å². The van der Waals surface area contributed by atoms with E-state index < -0.39 is 7.80 Å². The molecule has 5 nitrogen and oxygen atoms in total. The fourth-order valence-electron chi connectivity index (χ4n) is 5.74. The summed E-state index contributed by atoms with van der Waals surface area (Å²) in [5, 5.41) is 1.63. The third kappa shape index (κ3) is 5.76.